The second kappa shape index (κ2) is 12.0. The van der Waals surface area contributed by atoms with Crippen LogP contribution in [-0.4, -0.2) is 35.1 Å². The summed E-state index contributed by atoms with van der Waals surface area (Å²) in [5, 5.41) is 7.47. The zero-order valence-corrected chi connectivity index (χ0v) is 23.0. The molecule has 3 heterocycles. The number of anilines is 1. The molecule has 1 unspecified atom stereocenters. The summed E-state index contributed by atoms with van der Waals surface area (Å²) in [5.41, 5.74) is 4.78. The first kappa shape index (κ1) is 26.9. The first-order valence-electron chi connectivity index (χ1n) is 13.4. The summed E-state index contributed by atoms with van der Waals surface area (Å²) >= 11 is 6.56. The van der Waals surface area contributed by atoms with Gasteiger partial charge >= 0.3 is 0 Å². The number of aromatic amines is 1. The van der Waals surface area contributed by atoms with E-state index < -0.39 is 0 Å². The monoisotopic (exact) mass is 544 g/mol. The van der Waals surface area contributed by atoms with Crippen LogP contribution in [0.2, 0.25) is 5.02 Å². The van der Waals surface area contributed by atoms with E-state index in [1.165, 1.54) is 12.8 Å². The van der Waals surface area contributed by atoms with E-state index in [4.69, 9.17) is 16.3 Å². The van der Waals surface area contributed by atoms with Crippen LogP contribution >= 0.6 is 11.6 Å². The summed E-state index contributed by atoms with van der Waals surface area (Å²) < 4.78 is 6.44. The van der Waals surface area contributed by atoms with Crippen LogP contribution < -0.4 is 20.9 Å². The minimum Gasteiger partial charge on any atom is -0.492 e. The molecule has 1 atom stereocenters. The Morgan fingerprint density at radius 2 is 1.95 bits per heavy atom. The molecule has 1 aliphatic rings. The molecule has 0 spiro atoms. The predicted molar refractivity (Wildman–Crippen MR) is 157 cm³/mol. The Morgan fingerprint density at radius 3 is 2.67 bits per heavy atom. The molecule has 8 heteroatoms. The van der Waals surface area contributed by atoms with Gasteiger partial charge in [0.2, 0.25) is 5.91 Å². The molecular formula is C31H33ClN4O3. The van der Waals surface area contributed by atoms with Crippen molar-refractivity contribution in [3.05, 3.63) is 86.9 Å². The van der Waals surface area contributed by atoms with Crippen LogP contribution in [-0.2, 0) is 11.2 Å². The molecule has 4 aromatic rings. The lowest BCUT2D eigenvalue weighted by molar-refractivity contribution is -0.115. The van der Waals surface area contributed by atoms with E-state index in [2.05, 4.69) is 26.7 Å². The van der Waals surface area contributed by atoms with Crippen LogP contribution in [0, 0.1) is 13.8 Å². The van der Waals surface area contributed by atoms with E-state index in [0.717, 1.165) is 36.1 Å². The fourth-order valence-electron chi connectivity index (χ4n) is 5.25. The molecular weight excluding hydrogens is 512 g/mol. The number of hydrogen-bond acceptors (Lipinski definition) is 5. The largest absolute Gasteiger partial charge is 0.492 e. The number of piperidine rings is 1. The number of fused-ring (bicyclic) bond motifs is 1. The van der Waals surface area contributed by atoms with Crippen molar-refractivity contribution in [1.29, 1.82) is 0 Å². The van der Waals surface area contributed by atoms with Crippen molar-refractivity contribution >= 4 is 34.1 Å². The van der Waals surface area contributed by atoms with Gasteiger partial charge in [-0.3, -0.25) is 14.6 Å². The van der Waals surface area contributed by atoms with Crippen molar-refractivity contribution in [2.75, 3.05) is 18.5 Å². The normalized spacial score (nSPS) is 15.3. The molecule has 0 bridgehead atoms. The number of amides is 1. The van der Waals surface area contributed by atoms with E-state index in [1.807, 2.05) is 38.1 Å². The molecule has 1 amide bonds. The van der Waals surface area contributed by atoms with Gasteiger partial charge in [-0.25, -0.2) is 0 Å². The number of aromatic nitrogens is 2. The number of nitrogens with one attached hydrogen (secondary N) is 3. The van der Waals surface area contributed by atoms with Gasteiger partial charge in [-0.05, 0) is 69.5 Å². The molecule has 1 saturated heterocycles. The molecule has 0 aliphatic carbocycles. The number of nitrogens with zero attached hydrogens (tertiary/aromatic N) is 1. The Labute approximate surface area is 233 Å². The van der Waals surface area contributed by atoms with E-state index in [1.54, 1.807) is 24.4 Å². The van der Waals surface area contributed by atoms with Gasteiger partial charge in [0.1, 0.15) is 5.75 Å². The Bertz CT molecular complexity index is 1530. The number of carbonyl (C=O) groups is 1. The lowest BCUT2D eigenvalue weighted by Crippen LogP contribution is -2.35. The van der Waals surface area contributed by atoms with Crippen molar-refractivity contribution in [3.8, 4) is 16.9 Å². The molecule has 1 aliphatic heterocycles. The second-order valence-corrected chi connectivity index (χ2v) is 10.6. The molecule has 202 valence electrons. The lowest BCUT2D eigenvalue weighted by Gasteiger charge is -2.24. The average Bonchev–Trinajstić information content (AvgIpc) is 2.90. The van der Waals surface area contributed by atoms with Crippen LogP contribution in [0.5, 0.6) is 5.75 Å². The highest BCUT2D eigenvalue weighted by atomic mass is 35.5. The predicted octanol–water partition coefficient (Wildman–Crippen LogP) is 5.95. The number of aryl methyl sites for hydroxylation is 2. The zero-order valence-electron chi connectivity index (χ0n) is 22.3. The third kappa shape index (κ3) is 6.49. The number of carbonyl (C=O) groups excluding carboxylic acids is 1. The third-order valence-corrected chi connectivity index (χ3v) is 7.34. The summed E-state index contributed by atoms with van der Waals surface area (Å²) in [7, 11) is 0. The maximum atomic E-state index is 13.5. The average molecular weight is 545 g/mol. The summed E-state index contributed by atoms with van der Waals surface area (Å²) in [5.74, 6) is 0.256. The quantitative estimate of drug-likeness (QED) is 0.255. The van der Waals surface area contributed by atoms with E-state index in [9.17, 15) is 9.59 Å². The molecule has 1 fully saturated rings. The van der Waals surface area contributed by atoms with E-state index >= 15 is 0 Å². The summed E-state index contributed by atoms with van der Waals surface area (Å²) in [6, 6.07) is 15.3. The van der Waals surface area contributed by atoms with Crippen LogP contribution in [0.4, 0.5) is 5.69 Å². The number of ether oxygens (including phenoxy) is 1. The Balaban J connectivity index is 1.54. The van der Waals surface area contributed by atoms with Crippen molar-refractivity contribution in [2.24, 2.45) is 0 Å². The smallest absolute Gasteiger partial charge is 0.260 e. The van der Waals surface area contributed by atoms with Gasteiger partial charge in [0.05, 0.1) is 34.8 Å². The van der Waals surface area contributed by atoms with E-state index in [0.29, 0.717) is 51.3 Å². The van der Waals surface area contributed by atoms with Gasteiger partial charge in [-0.15, -0.1) is 0 Å². The van der Waals surface area contributed by atoms with Gasteiger partial charge in [0, 0.05) is 23.3 Å². The number of pyridine rings is 2. The van der Waals surface area contributed by atoms with Crippen molar-refractivity contribution in [1.82, 2.24) is 15.3 Å². The molecule has 0 radical (unpaired) electrons. The Morgan fingerprint density at radius 1 is 1.13 bits per heavy atom. The SMILES string of the molecule is Cc1cc(C)cc(-c2c(OCCC3CCCCN3)c3cc(NC(=O)Cc4ccccn4)c(Cl)cc3[nH]c2=O)c1. The maximum Gasteiger partial charge on any atom is 0.260 e. The first-order valence-corrected chi connectivity index (χ1v) is 13.8. The summed E-state index contributed by atoms with van der Waals surface area (Å²) in [6.07, 6.45) is 6.13. The van der Waals surface area contributed by atoms with Crippen LogP contribution in [0.25, 0.3) is 22.0 Å². The number of halogens is 1. The van der Waals surface area contributed by atoms with Gasteiger partial charge in [0.25, 0.3) is 5.56 Å². The zero-order chi connectivity index (χ0) is 27.4. The van der Waals surface area contributed by atoms with Crippen LogP contribution in [0.15, 0.2) is 59.5 Å². The lowest BCUT2D eigenvalue weighted by atomic mass is 9.99. The van der Waals surface area contributed by atoms with Crippen LogP contribution in [0.1, 0.15) is 42.5 Å². The van der Waals surface area contributed by atoms with Crippen molar-refractivity contribution < 1.29 is 9.53 Å². The maximum absolute atomic E-state index is 13.5. The fourth-order valence-corrected chi connectivity index (χ4v) is 5.46. The van der Waals surface area contributed by atoms with Crippen LogP contribution in [0.3, 0.4) is 0 Å². The molecule has 2 aromatic carbocycles. The Kier molecular flexibility index (Phi) is 8.29. The number of benzene rings is 2. The van der Waals surface area contributed by atoms with Gasteiger partial charge in [0.15, 0.2) is 0 Å². The van der Waals surface area contributed by atoms with Gasteiger partial charge in [-0.1, -0.05) is 53.4 Å². The fraction of sp³-hybridized carbons (Fsp3) is 0.323. The minimum atomic E-state index is -0.249. The molecule has 7 nitrogen and oxygen atoms in total. The molecule has 39 heavy (non-hydrogen) atoms. The molecule has 3 N–H and O–H groups in total. The Hall–Kier alpha value is -3.68. The minimum absolute atomic E-state index is 0.117. The third-order valence-electron chi connectivity index (χ3n) is 7.03. The number of H-pyrrole nitrogens is 1. The highest BCUT2D eigenvalue weighted by molar-refractivity contribution is 6.34. The molecule has 2 aromatic heterocycles. The van der Waals surface area contributed by atoms with Crippen molar-refractivity contribution in [3.63, 3.8) is 0 Å². The van der Waals surface area contributed by atoms with Crippen molar-refractivity contribution in [2.45, 2.75) is 52.0 Å². The first-order chi connectivity index (χ1) is 18.9. The molecule has 5 rings (SSSR count). The topological polar surface area (TPSA) is 96.1 Å². The number of rotatable bonds is 8. The highest BCUT2D eigenvalue weighted by Gasteiger charge is 2.20. The highest BCUT2D eigenvalue weighted by Crippen LogP contribution is 2.38. The summed E-state index contributed by atoms with van der Waals surface area (Å²) in [4.78, 5) is 33.5. The van der Waals surface area contributed by atoms with E-state index in [-0.39, 0.29) is 17.9 Å². The summed E-state index contributed by atoms with van der Waals surface area (Å²) in [6.45, 7) is 5.50. The van der Waals surface area contributed by atoms with Gasteiger partial charge in [-0.2, -0.15) is 0 Å². The standard InChI is InChI=1S/C31H33ClN4O3/c1-19-13-20(2)15-21(14-19)29-30(39-12-9-22-7-3-5-10-33-22)24-17-27(25(32)18-26(24)36-31(29)38)35-28(37)16-23-8-4-6-11-34-23/h4,6,8,11,13-15,17-18,22,33H,3,5,7,9-10,12,16H2,1-2H3,(H,35,37)(H,36,38). The van der Waals surface area contributed by atoms with Gasteiger partial charge < -0.3 is 20.4 Å². The number of hydrogen-bond donors (Lipinski definition) is 3. The second-order valence-electron chi connectivity index (χ2n) is 10.2. The molecule has 0 saturated carbocycles.